The zero-order valence-electron chi connectivity index (χ0n) is 12.9. The fraction of sp³-hybridized carbons (Fsp3) is 0.263. The number of rotatable bonds is 3. The van der Waals surface area contributed by atoms with Gasteiger partial charge in [-0.3, -0.25) is 9.89 Å². The van der Waals surface area contributed by atoms with E-state index in [0.717, 1.165) is 30.8 Å². The number of fused-ring (bicyclic) bond motifs is 1. The van der Waals surface area contributed by atoms with Crippen molar-refractivity contribution >= 4 is 16.7 Å². The van der Waals surface area contributed by atoms with Crippen molar-refractivity contribution in [3.63, 3.8) is 0 Å². The van der Waals surface area contributed by atoms with E-state index in [1.165, 1.54) is 10.8 Å². The van der Waals surface area contributed by atoms with Gasteiger partial charge in [-0.2, -0.15) is 5.10 Å². The minimum Gasteiger partial charge on any atom is -0.342 e. The molecule has 1 aromatic heterocycles. The van der Waals surface area contributed by atoms with Crippen LogP contribution < -0.4 is 0 Å². The second-order valence-electron chi connectivity index (χ2n) is 6.20. The maximum Gasteiger partial charge on any atom is 0.227 e. The minimum atomic E-state index is 0.210. The van der Waals surface area contributed by atoms with Crippen LogP contribution in [0.4, 0.5) is 0 Å². The molecule has 0 bridgehead atoms. The van der Waals surface area contributed by atoms with E-state index in [9.17, 15) is 4.79 Å². The van der Waals surface area contributed by atoms with Gasteiger partial charge in [-0.15, -0.1) is 0 Å². The molecule has 1 atom stereocenters. The summed E-state index contributed by atoms with van der Waals surface area (Å²) >= 11 is 0. The first-order valence-electron chi connectivity index (χ1n) is 8.04. The first-order valence-corrected chi connectivity index (χ1v) is 8.04. The summed E-state index contributed by atoms with van der Waals surface area (Å²) in [6.45, 7) is 1.62. The van der Waals surface area contributed by atoms with E-state index in [1.54, 1.807) is 6.20 Å². The topological polar surface area (TPSA) is 49.0 Å². The maximum absolute atomic E-state index is 12.6. The van der Waals surface area contributed by atoms with Gasteiger partial charge in [-0.25, -0.2) is 0 Å². The number of hydrogen-bond acceptors (Lipinski definition) is 2. The Balaban J connectivity index is 1.45. The lowest BCUT2D eigenvalue weighted by atomic mass is 10.0. The van der Waals surface area contributed by atoms with Crippen LogP contribution in [0.5, 0.6) is 0 Å². The van der Waals surface area contributed by atoms with Crippen molar-refractivity contribution in [2.45, 2.75) is 18.8 Å². The molecule has 1 aliphatic heterocycles. The predicted molar refractivity (Wildman–Crippen MR) is 90.2 cm³/mol. The molecule has 0 saturated carbocycles. The Bertz CT molecular complexity index is 826. The summed E-state index contributed by atoms with van der Waals surface area (Å²) < 4.78 is 0. The number of carbonyl (C=O) groups excluding carboxylic acids is 1. The van der Waals surface area contributed by atoms with Crippen LogP contribution in [-0.4, -0.2) is 34.1 Å². The van der Waals surface area contributed by atoms with Crippen molar-refractivity contribution in [1.29, 1.82) is 0 Å². The molecule has 1 amide bonds. The second-order valence-corrected chi connectivity index (χ2v) is 6.20. The van der Waals surface area contributed by atoms with E-state index < -0.39 is 0 Å². The normalized spacial score (nSPS) is 17.7. The molecular formula is C19H19N3O. The monoisotopic (exact) mass is 305 g/mol. The number of aromatic amines is 1. The first-order chi connectivity index (χ1) is 11.3. The number of likely N-dealkylation sites (tertiary alicyclic amines) is 1. The van der Waals surface area contributed by atoms with Gasteiger partial charge >= 0.3 is 0 Å². The molecule has 0 unspecified atom stereocenters. The molecule has 0 spiro atoms. The van der Waals surface area contributed by atoms with Gasteiger partial charge in [0.15, 0.2) is 0 Å². The Kier molecular flexibility index (Phi) is 3.58. The average Bonchev–Trinajstić information content (AvgIpc) is 3.26. The van der Waals surface area contributed by atoms with Crippen LogP contribution in [-0.2, 0) is 11.2 Å². The van der Waals surface area contributed by atoms with Crippen molar-refractivity contribution in [2.75, 3.05) is 13.1 Å². The highest BCUT2D eigenvalue weighted by molar-refractivity contribution is 5.85. The zero-order chi connectivity index (χ0) is 15.6. The smallest absolute Gasteiger partial charge is 0.227 e. The van der Waals surface area contributed by atoms with E-state index in [1.807, 2.05) is 23.1 Å². The van der Waals surface area contributed by atoms with Gasteiger partial charge in [-0.1, -0.05) is 42.5 Å². The number of H-pyrrole nitrogens is 1. The first kappa shape index (κ1) is 14.0. The van der Waals surface area contributed by atoms with Gasteiger partial charge in [0.25, 0.3) is 0 Å². The molecule has 116 valence electrons. The zero-order valence-corrected chi connectivity index (χ0v) is 12.9. The number of carbonyl (C=O) groups is 1. The fourth-order valence-corrected chi connectivity index (χ4v) is 3.37. The summed E-state index contributed by atoms with van der Waals surface area (Å²) in [6, 6.07) is 16.5. The Labute approximate surface area is 135 Å². The summed E-state index contributed by atoms with van der Waals surface area (Å²) in [5, 5.41) is 9.43. The number of nitrogens with one attached hydrogen (secondary N) is 1. The van der Waals surface area contributed by atoms with Crippen molar-refractivity contribution in [1.82, 2.24) is 15.1 Å². The number of aromatic nitrogens is 2. The van der Waals surface area contributed by atoms with Crippen LogP contribution in [0.1, 0.15) is 23.6 Å². The lowest BCUT2D eigenvalue weighted by Crippen LogP contribution is -2.29. The summed E-state index contributed by atoms with van der Waals surface area (Å²) in [6.07, 6.45) is 3.25. The third-order valence-electron chi connectivity index (χ3n) is 4.67. The van der Waals surface area contributed by atoms with Crippen LogP contribution in [0.2, 0.25) is 0 Å². The molecule has 2 aromatic carbocycles. The molecule has 4 heteroatoms. The molecule has 4 nitrogen and oxygen atoms in total. The Hall–Kier alpha value is -2.62. The maximum atomic E-state index is 12.6. The summed E-state index contributed by atoms with van der Waals surface area (Å²) in [5.41, 5.74) is 2.21. The molecular weight excluding hydrogens is 286 g/mol. The highest BCUT2D eigenvalue weighted by atomic mass is 16.2. The van der Waals surface area contributed by atoms with Crippen LogP contribution in [0.3, 0.4) is 0 Å². The molecule has 0 radical (unpaired) electrons. The Morgan fingerprint density at radius 2 is 2.04 bits per heavy atom. The van der Waals surface area contributed by atoms with Gasteiger partial charge < -0.3 is 4.90 Å². The molecule has 4 rings (SSSR count). The number of nitrogens with zero attached hydrogens (tertiary/aromatic N) is 2. The lowest BCUT2D eigenvalue weighted by molar-refractivity contribution is -0.129. The molecule has 3 aromatic rings. The van der Waals surface area contributed by atoms with Crippen molar-refractivity contribution in [2.24, 2.45) is 0 Å². The minimum absolute atomic E-state index is 0.210. The molecule has 0 aliphatic carbocycles. The third-order valence-corrected chi connectivity index (χ3v) is 4.67. The van der Waals surface area contributed by atoms with E-state index in [2.05, 4.69) is 40.5 Å². The quantitative estimate of drug-likeness (QED) is 0.808. The Morgan fingerprint density at radius 1 is 1.17 bits per heavy atom. The SMILES string of the molecule is O=C(Cc1ccc2ccccc2c1)N1CC[C@@H](c2ccn[nH]2)C1. The standard InChI is InChI=1S/C19H19N3O/c23-19(22-10-8-17(13-22)18-7-9-20-21-18)12-14-5-6-15-3-1-2-4-16(15)11-14/h1-7,9,11,17H,8,10,12-13H2,(H,20,21)/t17-/m1/s1. The predicted octanol–water partition coefficient (Wildman–Crippen LogP) is 3.12. The lowest BCUT2D eigenvalue weighted by Gasteiger charge is -2.16. The highest BCUT2D eigenvalue weighted by Crippen LogP contribution is 2.26. The molecule has 1 aliphatic rings. The summed E-state index contributed by atoms with van der Waals surface area (Å²) in [5.74, 6) is 0.598. The third kappa shape index (κ3) is 2.84. The van der Waals surface area contributed by atoms with Gasteiger partial charge in [-0.05, 0) is 28.8 Å². The fourth-order valence-electron chi connectivity index (χ4n) is 3.37. The van der Waals surface area contributed by atoms with Crippen LogP contribution in [0.25, 0.3) is 10.8 Å². The van der Waals surface area contributed by atoms with Gasteiger partial charge in [0, 0.05) is 30.9 Å². The number of amides is 1. The average molecular weight is 305 g/mol. The number of benzene rings is 2. The molecule has 1 N–H and O–H groups in total. The molecule has 1 saturated heterocycles. The van der Waals surface area contributed by atoms with Crippen molar-refractivity contribution in [3.8, 4) is 0 Å². The van der Waals surface area contributed by atoms with Gasteiger partial charge in [0.05, 0.1) is 6.42 Å². The molecule has 1 fully saturated rings. The molecule has 2 heterocycles. The van der Waals surface area contributed by atoms with E-state index in [-0.39, 0.29) is 5.91 Å². The largest absolute Gasteiger partial charge is 0.342 e. The van der Waals surface area contributed by atoms with E-state index >= 15 is 0 Å². The highest BCUT2D eigenvalue weighted by Gasteiger charge is 2.27. The van der Waals surface area contributed by atoms with Gasteiger partial charge in [0.1, 0.15) is 0 Å². The van der Waals surface area contributed by atoms with Crippen LogP contribution >= 0.6 is 0 Å². The summed E-state index contributed by atoms with van der Waals surface area (Å²) in [7, 11) is 0. The van der Waals surface area contributed by atoms with Crippen LogP contribution in [0.15, 0.2) is 54.7 Å². The van der Waals surface area contributed by atoms with Crippen molar-refractivity contribution < 1.29 is 4.79 Å². The van der Waals surface area contributed by atoms with E-state index in [0.29, 0.717) is 12.3 Å². The van der Waals surface area contributed by atoms with Gasteiger partial charge in [0.2, 0.25) is 5.91 Å². The van der Waals surface area contributed by atoms with E-state index in [4.69, 9.17) is 0 Å². The summed E-state index contributed by atoms with van der Waals surface area (Å²) in [4.78, 5) is 14.5. The molecule has 23 heavy (non-hydrogen) atoms. The number of hydrogen-bond donors (Lipinski definition) is 1. The second kappa shape index (κ2) is 5.88. The van der Waals surface area contributed by atoms with Crippen LogP contribution in [0, 0.1) is 0 Å². The van der Waals surface area contributed by atoms with Crippen molar-refractivity contribution in [3.05, 3.63) is 66.0 Å². The Morgan fingerprint density at radius 3 is 2.87 bits per heavy atom.